The van der Waals surface area contributed by atoms with Crippen molar-refractivity contribution < 1.29 is 13.2 Å². The Hall–Kier alpha value is -1.12. The van der Waals surface area contributed by atoms with E-state index in [0.29, 0.717) is 37.2 Å². The second kappa shape index (κ2) is 6.33. The Kier molecular flexibility index (Phi) is 4.90. The molecule has 0 saturated carbocycles. The molecular formula is C13H18BrN3O3S. The predicted octanol–water partition coefficient (Wildman–Crippen LogP) is 1.19. The molecule has 2 rings (SSSR count). The number of nitrogen functional groups attached to an aromatic ring is 1. The van der Waals surface area contributed by atoms with Gasteiger partial charge in [0, 0.05) is 29.3 Å². The third kappa shape index (κ3) is 4.18. The second-order valence-corrected chi connectivity index (χ2v) is 8.04. The molecule has 1 fully saturated rings. The van der Waals surface area contributed by atoms with Gasteiger partial charge in [-0.15, -0.1) is 0 Å². The van der Waals surface area contributed by atoms with Gasteiger partial charge in [-0.25, -0.2) is 12.7 Å². The van der Waals surface area contributed by atoms with Crippen LogP contribution in [0.15, 0.2) is 22.7 Å². The van der Waals surface area contributed by atoms with Crippen molar-refractivity contribution in [3.05, 3.63) is 28.2 Å². The average Bonchev–Trinajstić information content (AvgIpc) is 2.41. The highest BCUT2D eigenvalue weighted by Crippen LogP contribution is 2.19. The van der Waals surface area contributed by atoms with Crippen LogP contribution in [0.5, 0.6) is 0 Å². The van der Waals surface area contributed by atoms with Crippen LogP contribution in [0.2, 0.25) is 0 Å². The van der Waals surface area contributed by atoms with Crippen LogP contribution in [0.25, 0.3) is 0 Å². The standard InChI is InChI=1S/C13H18BrN3O3S/c1-21(19,20)17-6-4-10(5-7-17)16-13(18)11-8-9(14)2-3-12(11)15/h2-3,8,10H,4-7,15H2,1H3,(H,16,18). The summed E-state index contributed by atoms with van der Waals surface area (Å²) < 4.78 is 25.1. The number of amides is 1. The number of halogens is 1. The zero-order valence-corrected chi connectivity index (χ0v) is 14.1. The van der Waals surface area contributed by atoms with Gasteiger partial charge in [0.1, 0.15) is 0 Å². The monoisotopic (exact) mass is 375 g/mol. The molecule has 0 unspecified atom stereocenters. The van der Waals surface area contributed by atoms with Crippen LogP contribution in [-0.4, -0.2) is 44.0 Å². The summed E-state index contributed by atoms with van der Waals surface area (Å²) in [7, 11) is -3.15. The lowest BCUT2D eigenvalue weighted by Crippen LogP contribution is -2.46. The minimum Gasteiger partial charge on any atom is -0.398 e. The number of carbonyl (C=O) groups excluding carboxylic acids is 1. The maximum atomic E-state index is 12.2. The Morgan fingerprint density at radius 1 is 1.38 bits per heavy atom. The molecule has 0 bridgehead atoms. The second-order valence-electron chi connectivity index (χ2n) is 5.14. The normalized spacial score (nSPS) is 17.6. The molecule has 0 radical (unpaired) electrons. The van der Waals surface area contributed by atoms with Gasteiger partial charge in [-0.05, 0) is 31.0 Å². The number of nitrogens with one attached hydrogen (secondary N) is 1. The van der Waals surface area contributed by atoms with Crippen molar-refractivity contribution in [1.29, 1.82) is 0 Å². The first-order valence-corrected chi connectivity index (χ1v) is 9.22. The minimum atomic E-state index is -3.15. The number of hydrogen-bond acceptors (Lipinski definition) is 4. The van der Waals surface area contributed by atoms with Crippen molar-refractivity contribution >= 4 is 37.5 Å². The van der Waals surface area contributed by atoms with Gasteiger partial charge >= 0.3 is 0 Å². The van der Waals surface area contributed by atoms with Crippen LogP contribution in [0.3, 0.4) is 0 Å². The van der Waals surface area contributed by atoms with Gasteiger partial charge in [0.05, 0.1) is 11.8 Å². The summed E-state index contributed by atoms with van der Waals surface area (Å²) in [5.74, 6) is -0.230. The van der Waals surface area contributed by atoms with Gasteiger partial charge in [-0.2, -0.15) is 0 Å². The molecule has 1 saturated heterocycles. The van der Waals surface area contributed by atoms with Crippen molar-refractivity contribution in [2.75, 3.05) is 25.1 Å². The third-order valence-corrected chi connectivity index (χ3v) is 5.31. The van der Waals surface area contributed by atoms with E-state index >= 15 is 0 Å². The van der Waals surface area contributed by atoms with Crippen LogP contribution in [0.1, 0.15) is 23.2 Å². The van der Waals surface area contributed by atoms with Crippen LogP contribution in [-0.2, 0) is 10.0 Å². The minimum absolute atomic E-state index is 0.0334. The quantitative estimate of drug-likeness (QED) is 0.775. The van der Waals surface area contributed by atoms with Crippen molar-refractivity contribution in [2.45, 2.75) is 18.9 Å². The van der Waals surface area contributed by atoms with E-state index in [1.807, 2.05) is 0 Å². The molecule has 1 aromatic carbocycles. The van der Waals surface area contributed by atoms with E-state index in [2.05, 4.69) is 21.2 Å². The summed E-state index contributed by atoms with van der Waals surface area (Å²) in [6.07, 6.45) is 2.41. The van der Waals surface area contributed by atoms with E-state index in [0.717, 1.165) is 4.47 Å². The smallest absolute Gasteiger partial charge is 0.253 e. The van der Waals surface area contributed by atoms with Gasteiger partial charge in [-0.3, -0.25) is 4.79 Å². The fraction of sp³-hybridized carbons (Fsp3) is 0.462. The summed E-state index contributed by atoms with van der Waals surface area (Å²) >= 11 is 3.31. The van der Waals surface area contributed by atoms with E-state index in [9.17, 15) is 13.2 Å². The molecule has 1 aliphatic rings. The molecule has 0 atom stereocenters. The Morgan fingerprint density at radius 2 is 2.00 bits per heavy atom. The van der Waals surface area contributed by atoms with Crippen molar-refractivity contribution in [3.8, 4) is 0 Å². The molecule has 1 heterocycles. The molecule has 21 heavy (non-hydrogen) atoms. The Balaban J connectivity index is 1.97. The summed E-state index contributed by atoms with van der Waals surface area (Å²) in [6.45, 7) is 0.857. The number of hydrogen-bond donors (Lipinski definition) is 2. The SMILES string of the molecule is CS(=O)(=O)N1CCC(NC(=O)c2cc(Br)ccc2N)CC1. The first-order chi connectivity index (χ1) is 9.77. The molecular weight excluding hydrogens is 358 g/mol. The fourth-order valence-corrected chi connectivity index (χ4v) is 3.56. The van der Waals surface area contributed by atoms with E-state index in [4.69, 9.17) is 5.73 Å². The van der Waals surface area contributed by atoms with Gasteiger partial charge < -0.3 is 11.1 Å². The highest BCUT2D eigenvalue weighted by atomic mass is 79.9. The van der Waals surface area contributed by atoms with Crippen LogP contribution < -0.4 is 11.1 Å². The molecule has 0 aromatic heterocycles. The number of anilines is 1. The maximum Gasteiger partial charge on any atom is 0.253 e. The Labute approximate surface area is 132 Å². The molecule has 0 spiro atoms. The summed E-state index contributed by atoms with van der Waals surface area (Å²) in [5, 5.41) is 2.91. The van der Waals surface area contributed by atoms with Crippen LogP contribution >= 0.6 is 15.9 Å². The predicted molar refractivity (Wildman–Crippen MR) is 85.5 cm³/mol. The lowest BCUT2D eigenvalue weighted by molar-refractivity contribution is 0.0925. The molecule has 1 amide bonds. The number of piperidine rings is 1. The molecule has 6 nitrogen and oxygen atoms in total. The van der Waals surface area contributed by atoms with E-state index in [-0.39, 0.29) is 11.9 Å². The van der Waals surface area contributed by atoms with Gasteiger partial charge in [-0.1, -0.05) is 15.9 Å². The maximum absolute atomic E-state index is 12.2. The lowest BCUT2D eigenvalue weighted by atomic mass is 10.1. The average molecular weight is 376 g/mol. The number of sulfonamides is 1. The topological polar surface area (TPSA) is 92.5 Å². The molecule has 0 aliphatic carbocycles. The van der Waals surface area contributed by atoms with E-state index < -0.39 is 10.0 Å². The first-order valence-electron chi connectivity index (χ1n) is 6.58. The summed E-state index contributed by atoms with van der Waals surface area (Å²) in [4.78, 5) is 12.2. The lowest BCUT2D eigenvalue weighted by Gasteiger charge is -2.30. The van der Waals surface area contributed by atoms with Gasteiger partial charge in [0.15, 0.2) is 0 Å². The molecule has 8 heteroatoms. The van der Waals surface area contributed by atoms with Gasteiger partial charge in [0.25, 0.3) is 5.91 Å². The van der Waals surface area contributed by atoms with Crippen molar-refractivity contribution in [2.24, 2.45) is 0 Å². The molecule has 3 N–H and O–H groups in total. The zero-order chi connectivity index (χ0) is 15.6. The highest BCUT2D eigenvalue weighted by molar-refractivity contribution is 9.10. The number of rotatable bonds is 3. The van der Waals surface area contributed by atoms with Gasteiger partial charge in [0.2, 0.25) is 10.0 Å². The number of benzene rings is 1. The zero-order valence-electron chi connectivity index (χ0n) is 11.7. The van der Waals surface area contributed by atoms with Crippen molar-refractivity contribution in [3.63, 3.8) is 0 Å². The first kappa shape index (κ1) is 16.3. The number of nitrogens with two attached hydrogens (primary N) is 1. The third-order valence-electron chi connectivity index (χ3n) is 3.52. The molecule has 1 aromatic rings. The van der Waals surface area contributed by atoms with Crippen molar-refractivity contribution in [1.82, 2.24) is 9.62 Å². The molecule has 116 valence electrons. The largest absolute Gasteiger partial charge is 0.398 e. The van der Waals surface area contributed by atoms with Crippen LogP contribution in [0, 0.1) is 0 Å². The number of carbonyl (C=O) groups is 1. The molecule has 1 aliphatic heterocycles. The Morgan fingerprint density at radius 3 is 2.57 bits per heavy atom. The number of nitrogens with zero attached hydrogens (tertiary/aromatic N) is 1. The summed E-state index contributed by atoms with van der Waals surface area (Å²) in [5.41, 5.74) is 6.65. The van der Waals surface area contributed by atoms with E-state index in [1.54, 1.807) is 18.2 Å². The Bertz CT molecular complexity index is 640. The summed E-state index contributed by atoms with van der Waals surface area (Å²) in [6, 6.07) is 5.09. The van der Waals surface area contributed by atoms with E-state index in [1.165, 1.54) is 10.6 Å². The fourth-order valence-electron chi connectivity index (χ4n) is 2.32. The highest BCUT2D eigenvalue weighted by Gasteiger charge is 2.26. The van der Waals surface area contributed by atoms with Crippen LogP contribution in [0.4, 0.5) is 5.69 Å².